The second kappa shape index (κ2) is 10.5. The van der Waals surface area contributed by atoms with Crippen LogP contribution in [0.1, 0.15) is 30.1 Å². The van der Waals surface area contributed by atoms with Gasteiger partial charge in [-0.05, 0) is 50.1 Å². The van der Waals surface area contributed by atoms with Gasteiger partial charge in [-0.3, -0.25) is 14.6 Å². The van der Waals surface area contributed by atoms with Crippen LogP contribution in [-0.4, -0.2) is 59.1 Å². The lowest BCUT2D eigenvalue weighted by Crippen LogP contribution is -2.46. The molecule has 0 aliphatic carbocycles. The molecule has 1 saturated heterocycles. The van der Waals surface area contributed by atoms with Gasteiger partial charge in [0.2, 0.25) is 0 Å². The molecule has 3 aromatic rings. The van der Waals surface area contributed by atoms with E-state index in [1.807, 2.05) is 6.07 Å². The van der Waals surface area contributed by atoms with E-state index in [9.17, 15) is 14.4 Å². The van der Waals surface area contributed by atoms with Crippen molar-refractivity contribution in [3.05, 3.63) is 64.6 Å². The van der Waals surface area contributed by atoms with E-state index in [2.05, 4.69) is 20.5 Å². The second-order valence-corrected chi connectivity index (χ2v) is 8.45. The van der Waals surface area contributed by atoms with E-state index in [0.29, 0.717) is 23.5 Å². The fourth-order valence-electron chi connectivity index (χ4n) is 4.17. The highest BCUT2D eigenvalue weighted by Crippen LogP contribution is 2.17. The molecule has 178 valence electrons. The third kappa shape index (κ3) is 5.60. The molecule has 0 atom stereocenters. The topological polar surface area (TPSA) is 106 Å². The van der Waals surface area contributed by atoms with Crippen molar-refractivity contribution in [3.8, 4) is 5.75 Å². The lowest BCUT2D eigenvalue weighted by molar-refractivity contribution is 0.101. The molecule has 9 heteroatoms. The summed E-state index contributed by atoms with van der Waals surface area (Å²) in [5.41, 5.74) is 2.71. The molecule has 0 spiro atoms. The number of ketones is 1. The van der Waals surface area contributed by atoms with Crippen LogP contribution in [0.5, 0.6) is 5.75 Å². The standard InChI is InChI=1S/C25H29N5O4/c1-17(31)18-3-5-19(6-4-18)27-25(33)28-20-9-11-29(12-10-20)13-14-30-23-15-21(34-2)16-26-22(23)7-8-24(30)32/h3-8,15-16,20H,9-14H2,1-2H3,(H2,27,28,33). The number of Topliss-reactive ketones (excluding diaryl/α,β-unsaturated/α-hetero) is 1. The summed E-state index contributed by atoms with van der Waals surface area (Å²) in [6.07, 6.45) is 3.30. The number of anilines is 1. The van der Waals surface area contributed by atoms with Crippen LogP contribution in [-0.2, 0) is 6.54 Å². The molecule has 0 bridgehead atoms. The van der Waals surface area contributed by atoms with Gasteiger partial charge in [-0.1, -0.05) is 0 Å². The van der Waals surface area contributed by atoms with E-state index in [1.54, 1.807) is 54.3 Å². The molecule has 34 heavy (non-hydrogen) atoms. The number of benzene rings is 1. The number of pyridine rings is 2. The monoisotopic (exact) mass is 463 g/mol. The van der Waals surface area contributed by atoms with Crippen LogP contribution in [0.4, 0.5) is 10.5 Å². The van der Waals surface area contributed by atoms with Crippen molar-refractivity contribution in [3.63, 3.8) is 0 Å². The summed E-state index contributed by atoms with van der Waals surface area (Å²) in [6.45, 7) is 4.46. The number of rotatable bonds is 7. The summed E-state index contributed by atoms with van der Waals surface area (Å²) in [5.74, 6) is 0.608. The van der Waals surface area contributed by atoms with Crippen LogP contribution in [0.3, 0.4) is 0 Å². The lowest BCUT2D eigenvalue weighted by Gasteiger charge is -2.32. The third-order valence-electron chi connectivity index (χ3n) is 6.16. The maximum atomic E-state index is 12.5. The van der Waals surface area contributed by atoms with Gasteiger partial charge in [0.05, 0.1) is 24.3 Å². The van der Waals surface area contributed by atoms with Gasteiger partial charge in [-0.2, -0.15) is 0 Å². The van der Waals surface area contributed by atoms with Crippen LogP contribution < -0.4 is 20.9 Å². The highest BCUT2D eigenvalue weighted by molar-refractivity contribution is 5.95. The molecule has 0 saturated carbocycles. The number of carbonyl (C=O) groups is 2. The molecule has 2 amide bonds. The average molecular weight is 464 g/mol. The maximum absolute atomic E-state index is 12.5. The fourth-order valence-corrected chi connectivity index (χ4v) is 4.17. The van der Waals surface area contributed by atoms with Gasteiger partial charge in [0, 0.05) is 55.6 Å². The summed E-state index contributed by atoms with van der Waals surface area (Å²) in [6, 6.07) is 11.8. The van der Waals surface area contributed by atoms with Crippen LogP contribution in [0.25, 0.3) is 11.0 Å². The molecule has 1 fully saturated rings. The van der Waals surface area contributed by atoms with Crippen molar-refractivity contribution >= 4 is 28.5 Å². The Morgan fingerprint density at radius 2 is 1.82 bits per heavy atom. The molecule has 2 aromatic heterocycles. The molecule has 0 unspecified atom stereocenters. The molecule has 1 aliphatic heterocycles. The van der Waals surface area contributed by atoms with Gasteiger partial charge in [0.25, 0.3) is 5.56 Å². The molecule has 1 aromatic carbocycles. The number of ether oxygens (including phenoxy) is 1. The van der Waals surface area contributed by atoms with E-state index >= 15 is 0 Å². The average Bonchev–Trinajstić information content (AvgIpc) is 2.84. The number of hydrogen-bond donors (Lipinski definition) is 2. The van der Waals surface area contributed by atoms with E-state index in [0.717, 1.165) is 43.5 Å². The summed E-state index contributed by atoms with van der Waals surface area (Å²) in [5, 5.41) is 5.84. The number of nitrogens with zero attached hydrogens (tertiary/aromatic N) is 3. The second-order valence-electron chi connectivity index (χ2n) is 8.45. The third-order valence-corrected chi connectivity index (χ3v) is 6.16. The number of carbonyl (C=O) groups excluding carboxylic acids is 2. The van der Waals surface area contributed by atoms with Gasteiger partial charge < -0.3 is 24.8 Å². The van der Waals surface area contributed by atoms with E-state index < -0.39 is 0 Å². The summed E-state index contributed by atoms with van der Waals surface area (Å²) < 4.78 is 7.00. The predicted molar refractivity (Wildman–Crippen MR) is 131 cm³/mol. The summed E-state index contributed by atoms with van der Waals surface area (Å²) in [7, 11) is 1.58. The van der Waals surface area contributed by atoms with Gasteiger partial charge >= 0.3 is 6.03 Å². The first kappa shape index (κ1) is 23.4. The van der Waals surface area contributed by atoms with Crippen LogP contribution in [0.15, 0.2) is 53.5 Å². The number of nitrogens with one attached hydrogen (secondary N) is 2. The smallest absolute Gasteiger partial charge is 0.319 e. The van der Waals surface area contributed by atoms with Gasteiger partial charge in [-0.15, -0.1) is 0 Å². The Kier molecular flexibility index (Phi) is 7.22. The molecular formula is C25H29N5O4. The minimum atomic E-state index is -0.252. The molecule has 2 N–H and O–H groups in total. The first-order valence-corrected chi connectivity index (χ1v) is 11.4. The quantitative estimate of drug-likeness (QED) is 0.522. The zero-order valence-electron chi connectivity index (χ0n) is 19.4. The maximum Gasteiger partial charge on any atom is 0.319 e. The predicted octanol–water partition coefficient (Wildman–Crippen LogP) is 2.89. The van der Waals surface area contributed by atoms with Crippen molar-refractivity contribution in [2.24, 2.45) is 0 Å². The Hall–Kier alpha value is -3.72. The Labute approximate surface area is 197 Å². The zero-order valence-corrected chi connectivity index (χ0v) is 19.4. The highest BCUT2D eigenvalue weighted by atomic mass is 16.5. The van der Waals surface area contributed by atoms with Crippen molar-refractivity contribution in [2.45, 2.75) is 32.4 Å². The number of likely N-dealkylation sites (tertiary alicyclic amines) is 1. The van der Waals surface area contributed by atoms with Crippen molar-refractivity contribution in [1.29, 1.82) is 0 Å². The lowest BCUT2D eigenvalue weighted by atomic mass is 10.1. The minimum absolute atomic E-state index is 0.00974. The Bertz CT molecular complexity index is 1230. The van der Waals surface area contributed by atoms with Gasteiger partial charge in [-0.25, -0.2) is 4.79 Å². The molecule has 4 rings (SSSR count). The fraction of sp³-hybridized carbons (Fsp3) is 0.360. The number of aromatic nitrogens is 2. The van der Waals surface area contributed by atoms with Crippen molar-refractivity contribution in [1.82, 2.24) is 19.8 Å². The number of piperidine rings is 1. The summed E-state index contributed by atoms with van der Waals surface area (Å²) in [4.78, 5) is 42.9. The molecule has 9 nitrogen and oxygen atoms in total. The largest absolute Gasteiger partial charge is 0.495 e. The van der Waals surface area contributed by atoms with Crippen LogP contribution >= 0.6 is 0 Å². The minimum Gasteiger partial charge on any atom is -0.495 e. The molecule has 1 aliphatic rings. The number of fused-ring (bicyclic) bond motifs is 1. The molecule has 0 radical (unpaired) electrons. The van der Waals surface area contributed by atoms with Crippen molar-refractivity contribution < 1.29 is 14.3 Å². The molecule has 3 heterocycles. The normalized spacial score (nSPS) is 14.6. The van der Waals surface area contributed by atoms with E-state index in [-0.39, 0.29) is 23.4 Å². The zero-order chi connectivity index (χ0) is 24.1. The number of amides is 2. The molecular weight excluding hydrogens is 434 g/mol. The van der Waals surface area contributed by atoms with Crippen molar-refractivity contribution in [2.75, 3.05) is 32.1 Å². The highest BCUT2D eigenvalue weighted by Gasteiger charge is 2.21. The van der Waals surface area contributed by atoms with Gasteiger partial charge in [0.15, 0.2) is 5.78 Å². The number of urea groups is 1. The van der Waals surface area contributed by atoms with Crippen LogP contribution in [0.2, 0.25) is 0 Å². The van der Waals surface area contributed by atoms with Gasteiger partial charge in [0.1, 0.15) is 5.75 Å². The number of methoxy groups -OCH3 is 1. The first-order chi connectivity index (χ1) is 16.4. The first-order valence-electron chi connectivity index (χ1n) is 11.4. The van der Waals surface area contributed by atoms with E-state index in [4.69, 9.17) is 4.74 Å². The number of hydrogen-bond acceptors (Lipinski definition) is 6. The Balaban J connectivity index is 1.27. The van der Waals surface area contributed by atoms with Crippen LogP contribution in [0, 0.1) is 0 Å². The Morgan fingerprint density at radius 3 is 2.50 bits per heavy atom. The van der Waals surface area contributed by atoms with E-state index in [1.165, 1.54) is 6.92 Å². The Morgan fingerprint density at radius 1 is 1.09 bits per heavy atom. The SMILES string of the molecule is COc1cnc2ccc(=O)n(CCN3CCC(NC(=O)Nc4ccc(C(C)=O)cc4)CC3)c2c1. The summed E-state index contributed by atoms with van der Waals surface area (Å²) >= 11 is 0.